The highest BCUT2D eigenvalue weighted by molar-refractivity contribution is 8.18. The molecule has 2 amide bonds. The number of likely N-dealkylation sites (N-methyl/N-ethyl adjacent to an activating group) is 1. The number of para-hydroxylation sites is 1. The summed E-state index contributed by atoms with van der Waals surface area (Å²) in [7, 11) is 1.94. The van der Waals surface area contributed by atoms with Gasteiger partial charge in [0.15, 0.2) is 0 Å². The van der Waals surface area contributed by atoms with Gasteiger partial charge in [-0.3, -0.25) is 14.9 Å². The van der Waals surface area contributed by atoms with Gasteiger partial charge in [0.1, 0.15) is 0 Å². The number of nitrogens with one attached hydrogen (secondary N) is 3. The summed E-state index contributed by atoms with van der Waals surface area (Å²) < 4.78 is 0. The Balaban J connectivity index is 1.82. The number of anilines is 1. The Morgan fingerprint density at radius 1 is 1.38 bits per heavy atom. The van der Waals surface area contributed by atoms with Crippen molar-refractivity contribution in [2.45, 2.75) is 18.9 Å². The molecule has 1 atom stereocenters. The Hall–Kier alpha value is -1.54. The average molecular weight is 395 g/mol. The first-order valence-electron chi connectivity index (χ1n) is 8.75. The lowest BCUT2D eigenvalue weighted by molar-refractivity contribution is -0.115. The van der Waals surface area contributed by atoms with E-state index in [1.165, 1.54) is 0 Å². The molecule has 1 aromatic rings. The van der Waals surface area contributed by atoms with E-state index in [0.717, 1.165) is 62.0 Å². The Kier molecular flexibility index (Phi) is 6.58. The van der Waals surface area contributed by atoms with Gasteiger partial charge in [-0.25, -0.2) is 0 Å². The number of hydrogen-bond acceptors (Lipinski definition) is 6. The molecule has 1 aromatic carbocycles. The molecular weight excluding hydrogens is 372 g/mol. The summed E-state index contributed by atoms with van der Waals surface area (Å²) in [6.45, 7) is 3.64. The van der Waals surface area contributed by atoms with Crippen molar-refractivity contribution in [3.63, 3.8) is 0 Å². The largest absolute Gasteiger partial charge is 0.368 e. The molecule has 2 aliphatic heterocycles. The number of carbonyl (C=O) groups is 2. The van der Waals surface area contributed by atoms with Gasteiger partial charge in [0.25, 0.3) is 11.1 Å². The highest BCUT2D eigenvalue weighted by Gasteiger charge is 2.27. The third-order valence-electron chi connectivity index (χ3n) is 4.49. The second-order valence-corrected chi connectivity index (χ2v) is 7.79. The summed E-state index contributed by atoms with van der Waals surface area (Å²) in [4.78, 5) is 26.0. The van der Waals surface area contributed by atoms with E-state index in [1.807, 2.05) is 25.2 Å². The third-order valence-corrected chi connectivity index (χ3v) is 5.61. The van der Waals surface area contributed by atoms with E-state index in [0.29, 0.717) is 16.0 Å². The van der Waals surface area contributed by atoms with Crippen LogP contribution in [-0.2, 0) is 4.79 Å². The molecule has 3 N–H and O–H groups in total. The standard InChI is InChI=1S/C18H23ClN4O2S/c1-20-7-8-21-13-5-3-9-23(11-13)16-12(4-2-6-14(16)19)10-15-17(24)22-18(25)26-15/h2,4,6,10,13,20-21H,3,5,7-9,11H2,1H3,(H,22,24,25). The number of rotatable bonds is 6. The normalized spacial score (nSPS) is 22.2. The number of benzene rings is 1. The minimum Gasteiger partial charge on any atom is -0.368 e. The van der Waals surface area contributed by atoms with Crippen LogP contribution in [0.3, 0.4) is 0 Å². The molecule has 6 nitrogen and oxygen atoms in total. The molecule has 2 fully saturated rings. The van der Waals surface area contributed by atoms with Crippen LogP contribution in [0.1, 0.15) is 18.4 Å². The van der Waals surface area contributed by atoms with Gasteiger partial charge >= 0.3 is 0 Å². The molecule has 140 valence electrons. The van der Waals surface area contributed by atoms with Gasteiger partial charge in [-0.1, -0.05) is 23.7 Å². The number of piperidine rings is 1. The van der Waals surface area contributed by atoms with Crippen LogP contribution in [0.4, 0.5) is 10.5 Å². The smallest absolute Gasteiger partial charge is 0.290 e. The van der Waals surface area contributed by atoms with Gasteiger partial charge in [0, 0.05) is 37.8 Å². The van der Waals surface area contributed by atoms with E-state index >= 15 is 0 Å². The van der Waals surface area contributed by atoms with Crippen molar-refractivity contribution in [1.82, 2.24) is 16.0 Å². The minimum absolute atomic E-state index is 0.336. The van der Waals surface area contributed by atoms with Crippen LogP contribution in [0.2, 0.25) is 5.02 Å². The molecule has 0 radical (unpaired) electrons. The maximum Gasteiger partial charge on any atom is 0.290 e. The van der Waals surface area contributed by atoms with Gasteiger partial charge in [-0.2, -0.15) is 0 Å². The van der Waals surface area contributed by atoms with Crippen molar-refractivity contribution in [3.05, 3.63) is 33.7 Å². The van der Waals surface area contributed by atoms with Crippen LogP contribution in [0, 0.1) is 0 Å². The van der Waals surface area contributed by atoms with E-state index in [1.54, 1.807) is 6.08 Å². The zero-order chi connectivity index (χ0) is 18.5. The number of amides is 2. The molecule has 0 aromatic heterocycles. The molecule has 2 saturated heterocycles. The monoisotopic (exact) mass is 394 g/mol. The van der Waals surface area contributed by atoms with E-state index in [-0.39, 0.29) is 11.1 Å². The second-order valence-electron chi connectivity index (χ2n) is 6.37. The Morgan fingerprint density at radius 2 is 2.23 bits per heavy atom. The van der Waals surface area contributed by atoms with Gasteiger partial charge < -0.3 is 15.5 Å². The van der Waals surface area contributed by atoms with Gasteiger partial charge in [-0.05, 0) is 43.8 Å². The number of hydrogen-bond donors (Lipinski definition) is 3. The van der Waals surface area contributed by atoms with Crippen molar-refractivity contribution < 1.29 is 9.59 Å². The summed E-state index contributed by atoms with van der Waals surface area (Å²) >= 11 is 7.44. The maximum absolute atomic E-state index is 11.9. The minimum atomic E-state index is -0.351. The molecule has 26 heavy (non-hydrogen) atoms. The molecule has 3 rings (SSSR count). The van der Waals surface area contributed by atoms with Crippen molar-refractivity contribution in [1.29, 1.82) is 0 Å². The summed E-state index contributed by atoms with van der Waals surface area (Å²) in [6.07, 6.45) is 3.96. The predicted octanol–water partition coefficient (Wildman–Crippen LogP) is 2.44. The van der Waals surface area contributed by atoms with E-state index in [9.17, 15) is 9.59 Å². The van der Waals surface area contributed by atoms with Crippen LogP contribution < -0.4 is 20.9 Å². The van der Waals surface area contributed by atoms with Crippen LogP contribution in [0.5, 0.6) is 0 Å². The molecule has 1 unspecified atom stereocenters. The zero-order valence-electron chi connectivity index (χ0n) is 14.7. The first kappa shape index (κ1) is 19.2. The number of halogens is 1. The molecule has 0 bridgehead atoms. The molecule has 0 spiro atoms. The number of imide groups is 1. The lowest BCUT2D eigenvalue weighted by atomic mass is 10.0. The van der Waals surface area contributed by atoms with Crippen LogP contribution in [0.15, 0.2) is 23.1 Å². The summed E-state index contributed by atoms with van der Waals surface area (Å²) in [5.74, 6) is -0.351. The van der Waals surface area contributed by atoms with Gasteiger partial charge in [0.2, 0.25) is 0 Å². The van der Waals surface area contributed by atoms with Crippen LogP contribution in [-0.4, -0.2) is 50.4 Å². The maximum atomic E-state index is 11.9. The lowest BCUT2D eigenvalue weighted by Gasteiger charge is -2.36. The lowest BCUT2D eigenvalue weighted by Crippen LogP contribution is -2.47. The van der Waals surface area contributed by atoms with Crippen LogP contribution >= 0.6 is 23.4 Å². The highest BCUT2D eigenvalue weighted by atomic mass is 35.5. The molecular formula is C18H23ClN4O2S. The first-order chi connectivity index (χ1) is 12.6. The fourth-order valence-electron chi connectivity index (χ4n) is 3.29. The topological polar surface area (TPSA) is 73.5 Å². The van der Waals surface area contributed by atoms with Crippen molar-refractivity contribution >= 4 is 46.3 Å². The molecule has 2 aliphatic rings. The zero-order valence-corrected chi connectivity index (χ0v) is 16.3. The predicted molar refractivity (Wildman–Crippen MR) is 108 cm³/mol. The molecule has 2 heterocycles. The Labute approximate surface area is 162 Å². The van der Waals surface area contributed by atoms with Gasteiger partial charge in [-0.15, -0.1) is 0 Å². The third kappa shape index (κ3) is 4.59. The van der Waals surface area contributed by atoms with E-state index < -0.39 is 0 Å². The Morgan fingerprint density at radius 3 is 2.96 bits per heavy atom. The number of nitrogens with zero attached hydrogens (tertiary/aromatic N) is 1. The van der Waals surface area contributed by atoms with E-state index in [4.69, 9.17) is 11.6 Å². The summed E-state index contributed by atoms with van der Waals surface area (Å²) in [5.41, 5.74) is 1.79. The SMILES string of the molecule is CNCCNC1CCCN(c2c(Cl)cccc2C=C2SC(=O)NC2=O)C1. The Bertz CT molecular complexity index is 725. The quantitative estimate of drug-likeness (QED) is 0.508. The fraction of sp³-hybridized carbons (Fsp3) is 0.444. The second kappa shape index (κ2) is 8.90. The van der Waals surface area contributed by atoms with Gasteiger partial charge in [0.05, 0.1) is 15.6 Å². The van der Waals surface area contributed by atoms with Crippen molar-refractivity contribution in [2.24, 2.45) is 0 Å². The van der Waals surface area contributed by atoms with Crippen LogP contribution in [0.25, 0.3) is 6.08 Å². The molecule has 8 heteroatoms. The number of thioether (sulfide) groups is 1. The molecule has 0 aliphatic carbocycles. The van der Waals surface area contributed by atoms with Crippen molar-refractivity contribution in [3.8, 4) is 0 Å². The van der Waals surface area contributed by atoms with Crippen molar-refractivity contribution in [2.75, 3.05) is 38.1 Å². The highest BCUT2D eigenvalue weighted by Crippen LogP contribution is 2.35. The first-order valence-corrected chi connectivity index (χ1v) is 9.94. The summed E-state index contributed by atoms with van der Waals surface area (Å²) in [5, 5.41) is 9.33. The average Bonchev–Trinajstić information content (AvgIpc) is 2.93. The van der Waals surface area contributed by atoms with E-state index in [2.05, 4.69) is 20.9 Å². The molecule has 0 saturated carbocycles. The number of carbonyl (C=O) groups excluding carboxylic acids is 2. The fourth-order valence-corrected chi connectivity index (χ4v) is 4.27. The summed E-state index contributed by atoms with van der Waals surface area (Å²) in [6, 6.07) is 6.07.